The van der Waals surface area contributed by atoms with Gasteiger partial charge in [-0.1, -0.05) is 28.1 Å². The fourth-order valence-corrected chi connectivity index (χ4v) is 3.43. The molecule has 0 bridgehead atoms. The lowest BCUT2D eigenvalue weighted by molar-refractivity contribution is 0.0326. The zero-order valence-electron chi connectivity index (χ0n) is 11.3. The van der Waals surface area contributed by atoms with Crippen LogP contribution in [0.4, 0.5) is 0 Å². The Morgan fingerprint density at radius 2 is 1.84 bits per heavy atom. The van der Waals surface area contributed by atoms with Gasteiger partial charge in [0.15, 0.2) is 0 Å². The number of halogens is 1. The van der Waals surface area contributed by atoms with Gasteiger partial charge in [0, 0.05) is 43.7 Å². The average molecular weight is 325 g/mol. The van der Waals surface area contributed by atoms with Crippen molar-refractivity contribution >= 4 is 15.9 Å². The Morgan fingerprint density at radius 1 is 1.05 bits per heavy atom. The maximum Gasteiger partial charge on any atom is 0.0594 e. The Kier molecular flexibility index (Phi) is 4.53. The molecular formula is C15H21BrN2O. The van der Waals surface area contributed by atoms with E-state index in [-0.39, 0.29) is 0 Å². The third-order valence-electron chi connectivity index (χ3n) is 4.13. The molecule has 0 N–H and O–H groups in total. The smallest absolute Gasteiger partial charge is 0.0594 e. The summed E-state index contributed by atoms with van der Waals surface area (Å²) < 4.78 is 6.66. The van der Waals surface area contributed by atoms with Crippen molar-refractivity contribution in [1.29, 1.82) is 0 Å². The van der Waals surface area contributed by atoms with Crippen LogP contribution in [0.1, 0.15) is 11.1 Å². The molecule has 0 aromatic heterocycles. The topological polar surface area (TPSA) is 15.7 Å². The monoisotopic (exact) mass is 324 g/mol. The average Bonchev–Trinajstić information content (AvgIpc) is 2.47. The zero-order chi connectivity index (χ0) is 13.1. The predicted octanol–water partition coefficient (Wildman–Crippen LogP) is 2.14. The molecule has 3 rings (SSSR count). The minimum Gasteiger partial charge on any atom is -0.379 e. The molecule has 0 unspecified atom stereocenters. The largest absolute Gasteiger partial charge is 0.379 e. The van der Waals surface area contributed by atoms with E-state index in [9.17, 15) is 0 Å². The molecule has 104 valence electrons. The quantitative estimate of drug-likeness (QED) is 0.847. The molecule has 0 atom stereocenters. The first-order chi connectivity index (χ1) is 9.33. The van der Waals surface area contributed by atoms with Crippen molar-refractivity contribution in [3.05, 3.63) is 33.8 Å². The third kappa shape index (κ3) is 3.37. The zero-order valence-corrected chi connectivity index (χ0v) is 12.9. The first kappa shape index (κ1) is 13.6. The van der Waals surface area contributed by atoms with Crippen molar-refractivity contribution in [1.82, 2.24) is 9.80 Å². The normalized spacial score (nSPS) is 21.3. The molecule has 2 aliphatic rings. The van der Waals surface area contributed by atoms with Crippen molar-refractivity contribution in [2.75, 3.05) is 45.9 Å². The third-order valence-corrected chi connectivity index (χ3v) is 4.87. The first-order valence-electron chi connectivity index (χ1n) is 7.11. The molecule has 2 heterocycles. The van der Waals surface area contributed by atoms with E-state index in [4.69, 9.17) is 4.74 Å². The van der Waals surface area contributed by atoms with E-state index >= 15 is 0 Å². The van der Waals surface area contributed by atoms with E-state index in [1.165, 1.54) is 41.7 Å². The molecule has 0 saturated carbocycles. The molecular weight excluding hydrogens is 304 g/mol. The van der Waals surface area contributed by atoms with Crippen molar-refractivity contribution < 1.29 is 4.74 Å². The predicted molar refractivity (Wildman–Crippen MR) is 80.4 cm³/mol. The highest BCUT2D eigenvalue weighted by Crippen LogP contribution is 2.26. The van der Waals surface area contributed by atoms with Crippen molar-refractivity contribution in [3.8, 4) is 0 Å². The molecule has 4 heteroatoms. The molecule has 1 aromatic carbocycles. The lowest BCUT2D eigenvalue weighted by atomic mass is 10.00. The number of morpholine rings is 1. The SMILES string of the molecule is Brc1cccc2c1CN(CCN1CCOCC1)CC2. The first-order valence-corrected chi connectivity index (χ1v) is 7.91. The van der Waals surface area contributed by atoms with Gasteiger partial charge in [-0.15, -0.1) is 0 Å². The van der Waals surface area contributed by atoms with E-state index in [0.29, 0.717) is 0 Å². The van der Waals surface area contributed by atoms with Crippen LogP contribution in [0, 0.1) is 0 Å². The fourth-order valence-electron chi connectivity index (χ4n) is 2.89. The molecule has 0 radical (unpaired) electrons. The number of benzene rings is 1. The minimum atomic E-state index is 0.897. The minimum absolute atomic E-state index is 0.897. The number of hydrogen-bond donors (Lipinski definition) is 0. The fraction of sp³-hybridized carbons (Fsp3) is 0.600. The van der Waals surface area contributed by atoms with E-state index in [1.807, 2.05) is 0 Å². The van der Waals surface area contributed by atoms with Crippen molar-refractivity contribution in [2.45, 2.75) is 13.0 Å². The molecule has 0 spiro atoms. The molecule has 19 heavy (non-hydrogen) atoms. The Balaban J connectivity index is 1.55. The Labute approximate surface area is 123 Å². The van der Waals surface area contributed by atoms with Gasteiger partial charge in [0.25, 0.3) is 0 Å². The summed E-state index contributed by atoms with van der Waals surface area (Å²) in [4.78, 5) is 5.08. The van der Waals surface area contributed by atoms with Gasteiger partial charge in [-0.05, 0) is 23.6 Å². The standard InChI is InChI=1S/C15H21BrN2O/c16-15-3-1-2-13-4-5-18(12-14(13)15)7-6-17-8-10-19-11-9-17/h1-3H,4-12H2. The summed E-state index contributed by atoms with van der Waals surface area (Å²) in [5.41, 5.74) is 2.99. The Morgan fingerprint density at radius 3 is 2.68 bits per heavy atom. The molecule has 1 saturated heterocycles. The van der Waals surface area contributed by atoms with Gasteiger partial charge in [0.05, 0.1) is 13.2 Å². The molecule has 0 amide bonds. The molecule has 3 nitrogen and oxygen atoms in total. The molecule has 1 aromatic rings. The summed E-state index contributed by atoms with van der Waals surface area (Å²) in [5, 5.41) is 0. The molecule has 0 aliphatic carbocycles. The summed E-state index contributed by atoms with van der Waals surface area (Å²) in [6.07, 6.45) is 1.18. The van der Waals surface area contributed by atoms with Crippen molar-refractivity contribution in [3.63, 3.8) is 0 Å². The van der Waals surface area contributed by atoms with Crippen LogP contribution >= 0.6 is 15.9 Å². The van der Waals surface area contributed by atoms with E-state index in [2.05, 4.69) is 43.9 Å². The number of ether oxygens (including phenoxy) is 1. The van der Waals surface area contributed by atoms with Crippen LogP contribution in [0.2, 0.25) is 0 Å². The van der Waals surface area contributed by atoms with Gasteiger partial charge >= 0.3 is 0 Å². The van der Waals surface area contributed by atoms with Crippen LogP contribution in [-0.2, 0) is 17.7 Å². The molecule has 1 fully saturated rings. The van der Waals surface area contributed by atoms with Crippen molar-refractivity contribution in [2.24, 2.45) is 0 Å². The van der Waals surface area contributed by atoms with Gasteiger partial charge in [-0.25, -0.2) is 0 Å². The summed E-state index contributed by atoms with van der Waals surface area (Å²) in [6, 6.07) is 6.57. The number of hydrogen-bond acceptors (Lipinski definition) is 3. The highest BCUT2D eigenvalue weighted by Gasteiger charge is 2.19. The van der Waals surface area contributed by atoms with Gasteiger partial charge in [-0.2, -0.15) is 0 Å². The van der Waals surface area contributed by atoms with Crippen LogP contribution < -0.4 is 0 Å². The molecule has 2 aliphatic heterocycles. The number of fused-ring (bicyclic) bond motifs is 1. The highest BCUT2D eigenvalue weighted by molar-refractivity contribution is 9.10. The van der Waals surface area contributed by atoms with Gasteiger partial charge < -0.3 is 4.74 Å². The summed E-state index contributed by atoms with van der Waals surface area (Å²) >= 11 is 3.68. The Bertz CT molecular complexity index is 432. The lowest BCUT2D eigenvalue weighted by Gasteiger charge is -2.33. The maximum absolute atomic E-state index is 5.39. The summed E-state index contributed by atoms with van der Waals surface area (Å²) in [5.74, 6) is 0. The second kappa shape index (κ2) is 6.35. The van der Waals surface area contributed by atoms with Crippen LogP contribution in [-0.4, -0.2) is 55.7 Å². The van der Waals surface area contributed by atoms with Gasteiger partial charge in [0.1, 0.15) is 0 Å². The van der Waals surface area contributed by atoms with Crippen LogP contribution in [0.3, 0.4) is 0 Å². The van der Waals surface area contributed by atoms with Crippen LogP contribution in [0.25, 0.3) is 0 Å². The highest BCUT2D eigenvalue weighted by atomic mass is 79.9. The summed E-state index contributed by atoms with van der Waals surface area (Å²) in [7, 11) is 0. The second-order valence-corrected chi connectivity index (χ2v) is 6.21. The van der Waals surface area contributed by atoms with Crippen LogP contribution in [0.5, 0.6) is 0 Å². The van der Waals surface area contributed by atoms with Gasteiger partial charge in [-0.3, -0.25) is 9.80 Å². The Hall–Kier alpha value is -0.420. The number of nitrogens with zero attached hydrogens (tertiary/aromatic N) is 2. The van der Waals surface area contributed by atoms with E-state index < -0.39 is 0 Å². The lowest BCUT2D eigenvalue weighted by Crippen LogP contribution is -2.42. The van der Waals surface area contributed by atoms with E-state index in [1.54, 1.807) is 0 Å². The second-order valence-electron chi connectivity index (χ2n) is 5.36. The van der Waals surface area contributed by atoms with Crippen LogP contribution in [0.15, 0.2) is 22.7 Å². The maximum atomic E-state index is 5.39. The summed E-state index contributed by atoms with van der Waals surface area (Å²) in [6.45, 7) is 8.59. The van der Waals surface area contributed by atoms with E-state index in [0.717, 1.165) is 32.8 Å². The van der Waals surface area contributed by atoms with Gasteiger partial charge in [0.2, 0.25) is 0 Å². The number of rotatable bonds is 3.